The van der Waals surface area contributed by atoms with E-state index in [0.717, 1.165) is 32.0 Å². The van der Waals surface area contributed by atoms with Gasteiger partial charge in [-0.05, 0) is 31.3 Å². The molecular weight excluding hydrogens is 174 g/mol. The molecule has 0 aromatic heterocycles. The maximum absolute atomic E-state index is 10.3. The maximum Gasteiger partial charge on any atom is 0.136 e. The van der Waals surface area contributed by atoms with Crippen molar-refractivity contribution in [3.63, 3.8) is 0 Å². The Morgan fingerprint density at radius 2 is 2.36 bits per heavy atom. The van der Waals surface area contributed by atoms with E-state index >= 15 is 0 Å². The van der Waals surface area contributed by atoms with E-state index in [1.165, 1.54) is 5.57 Å². The van der Waals surface area contributed by atoms with E-state index in [1.54, 1.807) is 0 Å². The van der Waals surface area contributed by atoms with Crippen LogP contribution in [0, 0.1) is 0 Å². The van der Waals surface area contributed by atoms with Crippen molar-refractivity contribution in [2.75, 3.05) is 0 Å². The van der Waals surface area contributed by atoms with Gasteiger partial charge in [-0.25, -0.2) is 0 Å². The second kappa shape index (κ2) is 6.33. The third kappa shape index (κ3) is 4.19. The van der Waals surface area contributed by atoms with Crippen molar-refractivity contribution in [2.24, 2.45) is 5.73 Å². The predicted molar refractivity (Wildman–Crippen MR) is 58.9 cm³/mol. The van der Waals surface area contributed by atoms with Gasteiger partial charge in [-0.1, -0.05) is 30.4 Å². The summed E-state index contributed by atoms with van der Waals surface area (Å²) in [6.45, 7) is 0. The van der Waals surface area contributed by atoms with Gasteiger partial charge in [0.15, 0.2) is 0 Å². The molecule has 0 fully saturated rings. The number of hydrogen-bond acceptors (Lipinski definition) is 2. The molecule has 2 heteroatoms. The molecule has 1 unspecified atom stereocenters. The fourth-order valence-corrected chi connectivity index (χ4v) is 1.40. The van der Waals surface area contributed by atoms with Crippen LogP contribution in [0.4, 0.5) is 0 Å². The number of hydrogen-bond donors (Lipinski definition) is 1. The second-order valence-electron chi connectivity index (χ2n) is 3.50. The lowest BCUT2D eigenvalue weighted by molar-refractivity contribution is -0.109. The first-order valence-corrected chi connectivity index (χ1v) is 5.06. The first kappa shape index (κ1) is 10.9. The number of aldehydes is 1. The number of nitrogens with two attached hydrogens (primary N) is 1. The molecule has 1 aliphatic carbocycles. The fraction of sp³-hybridized carbons (Fsp3) is 0.417. The highest BCUT2D eigenvalue weighted by atomic mass is 16.1. The highest BCUT2D eigenvalue weighted by molar-refractivity contribution is 5.56. The van der Waals surface area contributed by atoms with Crippen LogP contribution in [0.1, 0.15) is 25.7 Å². The van der Waals surface area contributed by atoms with Gasteiger partial charge in [0.2, 0.25) is 0 Å². The van der Waals surface area contributed by atoms with Crippen LogP contribution < -0.4 is 5.73 Å². The van der Waals surface area contributed by atoms with Gasteiger partial charge in [0.25, 0.3) is 0 Å². The molecule has 1 aliphatic rings. The minimum absolute atomic E-state index is 0.291. The van der Waals surface area contributed by atoms with E-state index in [4.69, 9.17) is 5.73 Å². The fourth-order valence-electron chi connectivity index (χ4n) is 1.40. The summed E-state index contributed by atoms with van der Waals surface area (Å²) >= 11 is 0. The second-order valence-corrected chi connectivity index (χ2v) is 3.50. The Hall–Kier alpha value is -1.15. The van der Waals surface area contributed by atoms with Gasteiger partial charge in [0.05, 0.1) is 6.04 Å². The first-order valence-electron chi connectivity index (χ1n) is 5.06. The molecule has 0 spiro atoms. The third-order valence-electron chi connectivity index (χ3n) is 2.23. The van der Waals surface area contributed by atoms with Gasteiger partial charge in [-0.3, -0.25) is 0 Å². The Morgan fingerprint density at radius 1 is 1.50 bits per heavy atom. The Morgan fingerprint density at radius 3 is 3.14 bits per heavy atom. The van der Waals surface area contributed by atoms with Crippen molar-refractivity contribution in [1.82, 2.24) is 0 Å². The minimum Gasteiger partial charge on any atom is -0.322 e. The van der Waals surface area contributed by atoms with Crippen LogP contribution in [-0.2, 0) is 4.79 Å². The molecule has 0 radical (unpaired) electrons. The molecule has 0 heterocycles. The summed E-state index contributed by atoms with van der Waals surface area (Å²) in [6.07, 6.45) is 15.2. The molecule has 0 bridgehead atoms. The Bertz CT molecular complexity index is 263. The van der Waals surface area contributed by atoms with Crippen LogP contribution in [0.5, 0.6) is 0 Å². The van der Waals surface area contributed by atoms with Gasteiger partial charge >= 0.3 is 0 Å². The summed E-state index contributed by atoms with van der Waals surface area (Å²) < 4.78 is 0. The van der Waals surface area contributed by atoms with E-state index in [9.17, 15) is 4.79 Å². The number of carbonyl (C=O) groups excluding carboxylic acids is 1. The third-order valence-corrected chi connectivity index (χ3v) is 2.23. The lowest BCUT2D eigenvalue weighted by Gasteiger charge is -2.03. The van der Waals surface area contributed by atoms with Crippen molar-refractivity contribution in [3.8, 4) is 0 Å². The lowest BCUT2D eigenvalue weighted by atomic mass is 10.1. The molecule has 0 aromatic rings. The Labute approximate surface area is 85.2 Å². The molecule has 0 aromatic carbocycles. The normalized spacial score (nSPS) is 17.4. The molecule has 0 aliphatic heterocycles. The summed E-state index contributed by atoms with van der Waals surface area (Å²) in [5.41, 5.74) is 6.82. The highest BCUT2D eigenvalue weighted by Crippen LogP contribution is 2.12. The van der Waals surface area contributed by atoms with Crippen molar-refractivity contribution in [1.29, 1.82) is 0 Å². The van der Waals surface area contributed by atoms with E-state index in [1.807, 2.05) is 0 Å². The summed E-state index contributed by atoms with van der Waals surface area (Å²) in [5, 5.41) is 0. The van der Waals surface area contributed by atoms with Crippen LogP contribution in [0.25, 0.3) is 0 Å². The topological polar surface area (TPSA) is 43.1 Å². The lowest BCUT2D eigenvalue weighted by Crippen LogP contribution is -2.20. The monoisotopic (exact) mass is 191 g/mol. The van der Waals surface area contributed by atoms with Crippen molar-refractivity contribution in [3.05, 3.63) is 36.0 Å². The van der Waals surface area contributed by atoms with Gasteiger partial charge in [0, 0.05) is 0 Å². The minimum atomic E-state index is -0.291. The Balaban J connectivity index is 2.27. The molecule has 14 heavy (non-hydrogen) atoms. The highest BCUT2D eigenvalue weighted by Gasteiger charge is 2.00. The molecule has 1 rings (SSSR count). The largest absolute Gasteiger partial charge is 0.322 e. The predicted octanol–water partition coefficient (Wildman–Crippen LogP) is 2.13. The maximum atomic E-state index is 10.3. The summed E-state index contributed by atoms with van der Waals surface area (Å²) in [5.74, 6) is 0. The molecular formula is C12H17NO. The quantitative estimate of drug-likeness (QED) is 0.676. The Kier molecular flexibility index (Phi) is 4.94. The molecule has 1 atom stereocenters. The van der Waals surface area contributed by atoms with E-state index in [-0.39, 0.29) is 6.04 Å². The molecule has 0 amide bonds. The van der Waals surface area contributed by atoms with Crippen LogP contribution in [0.2, 0.25) is 0 Å². The van der Waals surface area contributed by atoms with Gasteiger partial charge in [-0.15, -0.1) is 0 Å². The molecule has 0 saturated carbocycles. The van der Waals surface area contributed by atoms with E-state index in [2.05, 4.69) is 30.4 Å². The smallest absolute Gasteiger partial charge is 0.136 e. The molecule has 76 valence electrons. The van der Waals surface area contributed by atoms with Gasteiger partial charge in [0.1, 0.15) is 6.29 Å². The van der Waals surface area contributed by atoms with Crippen LogP contribution >= 0.6 is 0 Å². The number of allylic oxidation sites excluding steroid dienone is 6. The molecule has 2 N–H and O–H groups in total. The van der Waals surface area contributed by atoms with Gasteiger partial charge < -0.3 is 10.5 Å². The van der Waals surface area contributed by atoms with Gasteiger partial charge in [-0.2, -0.15) is 0 Å². The average Bonchev–Trinajstić information content (AvgIpc) is 2.46. The number of rotatable bonds is 5. The van der Waals surface area contributed by atoms with Crippen LogP contribution in [-0.4, -0.2) is 12.3 Å². The summed E-state index contributed by atoms with van der Waals surface area (Å²) in [7, 11) is 0. The number of carbonyl (C=O) groups is 1. The zero-order chi connectivity index (χ0) is 10.2. The summed E-state index contributed by atoms with van der Waals surface area (Å²) in [4.78, 5) is 10.3. The standard InChI is InChI=1S/C12H17NO/c13-12(10-14)9-5-8-11-6-3-1-2-4-7-11/h1,3-4,6-7,10,12H,2,5,8-9,13H2. The van der Waals surface area contributed by atoms with Crippen molar-refractivity contribution >= 4 is 6.29 Å². The SMILES string of the molecule is NC(C=O)CCCC1=CC=CCC=C1. The van der Waals surface area contributed by atoms with Crippen molar-refractivity contribution in [2.45, 2.75) is 31.7 Å². The van der Waals surface area contributed by atoms with Crippen LogP contribution in [0.3, 0.4) is 0 Å². The molecule has 0 saturated heterocycles. The average molecular weight is 191 g/mol. The zero-order valence-electron chi connectivity index (χ0n) is 8.36. The van der Waals surface area contributed by atoms with E-state index in [0.29, 0.717) is 0 Å². The van der Waals surface area contributed by atoms with Crippen molar-refractivity contribution < 1.29 is 4.79 Å². The van der Waals surface area contributed by atoms with E-state index < -0.39 is 0 Å². The van der Waals surface area contributed by atoms with Crippen LogP contribution in [0.15, 0.2) is 36.0 Å². The molecule has 2 nitrogen and oxygen atoms in total. The zero-order valence-corrected chi connectivity index (χ0v) is 8.36. The first-order chi connectivity index (χ1) is 6.83. The summed E-state index contributed by atoms with van der Waals surface area (Å²) in [6, 6.07) is -0.291.